The third kappa shape index (κ3) is 6.65. The number of rotatable bonds is 5. The van der Waals surface area contributed by atoms with Gasteiger partial charge in [0.25, 0.3) is 5.91 Å². The van der Waals surface area contributed by atoms with Crippen molar-refractivity contribution in [2.24, 2.45) is 0 Å². The second kappa shape index (κ2) is 11.6. The minimum Gasteiger partial charge on any atom is -0.341 e. The van der Waals surface area contributed by atoms with Crippen molar-refractivity contribution in [2.45, 2.75) is 56.9 Å². The van der Waals surface area contributed by atoms with Crippen LogP contribution in [0.25, 0.3) is 0 Å². The highest BCUT2D eigenvalue weighted by atomic mass is 19.4. The Bertz CT molecular complexity index is 1470. The molecular formula is C30H29F7N4O2. The summed E-state index contributed by atoms with van der Waals surface area (Å²) >= 11 is 0. The van der Waals surface area contributed by atoms with Crippen LogP contribution in [0.5, 0.6) is 0 Å². The van der Waals surface area contributed by atoms with Crippen LogP contribution in [0.4, 0.5) is 30.7 Å². The Morgan fingerprint density at radius 3 is 2.07 bits per heavy atom. The minimum absolute atomic E-state index is 0.0188. The van der Waals surface area contributed by atoms with Crippen molar-refractivity contribution in [3.63, 3.8) is 0 Å². The molecule has 0 spiro atoms. The van der Waals surface area contributed by atoms with Crippen LogP contribution < -0.4 is 0 Å². The lowest BCUT2D eigenvalue weighted by Crippen LogP contribution is -2.55. The first kappa shape index (κ1) is 31.9. The molecule has 0 N–H and O–H groups in total. The van der Waals surface area contributed by atoms with Gasteiger partial charge in [0.2, 0.25) is 5.91 Å². The van der Waals surface area contributed by atoms with Crippen molar-refractivity contribution in [3.05, 3.63) is 94.3 Å². The molecule has 0 saturated carbocycles. The molecule has 1 aromatic heterocycles. The molecule has 1 aliphatic heterocycles. The third-order valence-corrected chi connectivity index (χ3v) is 7.94. The molecule has 3 aromatic rings. The fraction of sp³-hybridized carbons (Fsp3) is 0.400. The van der Waals surface area contributed by atoms with Gasteiger partial charge in [0.15, 0.2) is 0 Å². The van der Waals surface area contributed by atoms with E-state index >= 15 is 0 Å². The SMILES string of the molecule is Cc1cc(F)ccc1[C@@H]1CN(C(=O)c2cnccn2)CC[C@H]1N(C)C(=O)C(C)(C)c1cc(C(F)(F)F)cc(C(F)(F)F)c1. The van der Waals surface area contributed by atoms with Crippen molar-refractivity contribution < 1.29 is 40.3 Å². The molecule has 0 unspecified atom stereocenters. The zero-order chi connectivity index (χ0) is 31.9. The molecule has 1 saturated heterocycles. The Hall–Kier alpha value is -4.03. The number of nitrogens with zero attached hydrogens (tertiary/aromatic N) is 4. The normalized spacial score (nSPS) is 18.0. The number of aryl methyl sites for hydroxylation is 1. The second-order valence-corrected chi connectivity index (χ2v) is 11.1. The molecule has 6 nitrogen and oxygen atoms in total. The molecule has 1 aliphatic rings. The topological polar surface area (TPSA) is 66.4 Å². The summed E-state index contributed by atoms with van der Waals surface area (Å²) in [6, 6.07) is 4.61. The van der Waals surface area contributed by atoms with Crippen molar-refractivity contribution in [3.8, 4) is 0 Å². The van der Waals surface area contributed by atoms with Crippen molar-refractivity contribution in [2.75, 3.05) is 20.1 Å². The average Bonchev–Trinajstić information content (AvgIpc) is 2.95. The van der Waals surface area contributed by atoms with Gasteiger partial charge in [-0.1, -0.05) is 6.07 Å². The first-order valence-corrected chi connectivity index (χ1v) is 13.3. The van der Waals surface area contributed by atoms with Crippen LogP contribution in [-0.4, -0.2) is 57.8 Å². The van der Waals surface area contributed by atoms with Crippen LogP contribution in [0.1, 0.15) is 64.5 Å². The number of hydrogen-bond acceptors (Lipinski definition) is 4. The van der Waals surface area contributed by atoms with Gasteiger partial charge in [-0.25, -0.2) is 9.37 Å². The fourth-order valence-electron chi connectivity index (χ4n) is 5.55. The van der Waals surface area contributed by atoms with Crippen molar-refractivity contribution >= 4 is 11.8 Å². The van der Waals surface area contributed by atoms with Crippen LogP contribution in [0.15, 0.2) is 55.0 Å². The smallest absolute Gasteiger partial charge is 0.341 e. The Morgan fingerprint density at radius 1 is 0.930 bits per heavy atom. The molecule has 1 fully saturated rings. The maximum absolute atomic E-state index is 14.0. The van der Waals surface area contributed by atoms with Crippen LogP contribution >= 0.6 is 0 Å². The number of hydrogen-bond donors (Lipinski definition) is 0. The van der Waals surface area contributed by atoms with E-state index in [4.69, 9.17) is 0 Å². The highest BCUT2D eigenvalue weighted by Gasteiger charge is 2.44. The molecule has 2 amide bonds. The molecule has 230 valence electrons. The Morgan fingerprint density at radius 2 is 1.53 bits per heavy atom. The highest BCUT2D eigenvalue weighted by molar-refractivity contribution is 5.92. The van der Waals surface area contributed by atoms with Crippen LogP contribution in [0.3, 0.4) is 0 Å². The van der Waals surface area contributed by atoms with E-state index in [1.54, 1.807) is 13.0 Å². The largest absolute Gasteiger partial charge is 0.416 e. The lowest BCUT2D eigenvalue weighted by atomic mass is 9.78. The van der Waals surface area contributed by atoms with Crippen molar-refractivity contribution in [1.82, 2.24) is 19.8 Å². The molecule has 2 atom stereocenters. The van der Waals surface area contributed by atoms with Crippen LogP contribution in [0, 0.1) is 12.7 Å². The Kier molecular flexibility index (Phi) is 8.58. The lowest BCUT2D eigenvalue weighted by Gasteiger charge is -2.45. The Labute approximate surface area is 243 Å². The monoisotopic (exact) mass is 610 g/mol. The second-order valence-electron chi connectivity index (χ2n) is 11.1. The molecule has 0 bridgehead atoms. The molecule has 13 heteroatoms. The van der Waals surface area contributed by atoms with Gasteiger partial charge in [-0.3, -0.25) is 14.6 Å². The number of aromatic nitrogens is 2. The molecular weight excluding hydrogens is 581 g/mol. The number of carbonyl (C=O) groups excluding carboxylic acids is 2. The van der Waals surface area contributed by atoms with E-state index in [2.05, 4.69) is 9.97 Å². The summed E-state index contributed by atoms with van der Waals surface area (Å²) in [5.41, 5.74) is -3.99. The average molecular weight is 611 g/mol. The number of alkyl halides is 6. The first-order valence-electron chi connectivity index (χ1n) is 13.3. The zero-order valence-electron chi connectivity index (χ0n) is 23.7. The summed E-state index contributed by atoms with van der Waals surface area (Å²) in [6.45, 7) is 4.48. The van der Waals surface area contributed by atoms with E-state index in [1.807, 2.05) is 0 Å². The highest BCUT2D eigenvalue weighted by Crippen LogP contribution is 2.41. The van der Waals surface area contributed by atoms with Gasteiger partial charge in [-0.15, -0.1) is 0 Å². The van der Waals surface area contributed by atoms with Gasteiger partial charge in [0.1, 0.15) is 11.5 Å². The van der Waals surface area contributed by atoms with E-state index in [0.717, 1.165) is 0 Å². The predicted octanol–water partition coefficient (Wildman–Crippen LogP) is 6.40. The maximum Gasteiger partial charge on any atom is 0.416 e. The van der Waals surface area contributed by atoms with Gasteiger partial charge in [0.05, 0.1) is 22.7 Å². The third-order valence-electron chi connectivity index (χ3n) is 7.94. The number of piperidine rings is 1. The van der Waals surface area contributed by atoms with Gasteiger partial charge < -0.3 is 9.80 Å². The van der Waals surface area contributed by atoms with Crippen LogP contribution in [-0.2, 0) is 22.6 Å². The van der Waals surface area contributed by atoms with Crippen molar-refractivity contribution in [1.29, 1.82) is 0 Å². The number of likely N-dealkylation sites (tertiary alicyclic amines) is 1. The number of benzene rings is 2. The summed E-state index contributed by atoms with van der Waals surface area (Å²) in [5, 5.41) is 0. The number of amides is 2. The molecule has 2 heterocycles. The Balaban J connectivity index is 1.72. The fourth-order valence-corrected chi connectivity index (χ4v) is 5.55. The molecule has 0 radical (unpaired) electrons. The minimum atomic E-state index is -5.07. The van der Waals surface area contributed by atoms with E-state index in [1.165, 1.54) is 61.4 Å². The number of halogens is 7. The molecule has 43 heavy (non-hydrogen) atoms. The van der Waals surface area contributed by atoms with Crippen LogP contribution in [0.2, 0.25) is 0 Å². The number of carbonyl (C=O) groups is 2. The summed E-state index contributed by atoms with van der Waals surface area (Å²) in [7, 11) is 1.43. The lowest BCUT2D eigenvalue weighted by molar-refractivity contribution is -0.144. The van der Waals surface area contributed by atoms with Gasteiger partial charge in [0, 0.05) is 44.5 Å². The summed E-state index contributed by atoms with van der Waals surface area (Å²) in [6.07, 6.45) is -5.83. The van der Waals surface area contributed by atoms with E-state index < -0.39 is 64.0 Å². The number of likely N-dealkylation sites (N-methyl/N-ethyl adjacent to an activating group) is 1. The molecule has 4 rings (SSSR count). The summed E-state index contributed by atoms with van der Waals surface area (Å²) in [4.78, 5) is 37.9. The summed E-state index contributed by atoms with van der Waals surface area (Å²) < 4.78 is 95.4. The maximum atomic E-state index is 14.0. The molecule has 2 aromatic carbocycles. The van der Waals surface area contributed by atoms with Gasteiger partial charge in [-0.05, 0) is 74.2 Å². The zero-order valence-corrected chi connectivity index (χ0v) is 23.7. The predicted molar refractivity (Wildman–Crippen MR) is 142 cm³/mol. The first-order chi connectivity index (χ1) is 19.9. The molecule has 0 aliphatic carbocycles. The standard InChI is InChI=1S/C30H29F7N4O2/c1-17-11-21(31)5-6-22(17)23-16-41(26(42)24-15-38-8-9-39-24)10-7-25(23)40(4)27(43)28(2,3)18-12-19(29(32,33)34)14-20(13-18)30(35,36)37/h5-6,8-9,11-15,23,25H,7,10,16H2,1-4H3/t23-,25+/m0/s1. The van der Waals surface area contributed by atoms with Gasteiger partial charge in [-0.2, -0.15) is 26.3 Å². The van der Waals surface area contributed by atoms with Gasteiger partial charge >= 0.3 is 12.4 Å². The summed E-state index contributed by atoms with van der Waals surface area (Å²) in [5.74, 6) is -2.18. The quantitative estimate of drug-likeness (QED) is 0.314. The van der Waals surface area contributed by atoms with E-state index in [-0.39, 0.29) is 31.3 Å². The van der Waals surface area contributed by atoms with E-state index in [0.29, 0.717) is 23.3 Å². The van der Waals surface area contributed by atoms with E-state index in [9.17, 15) is 40.3 Å².